The van der Waals surface area contributed by atoms with Gasteiger partial charge in [-0.1, -0.05) is 24.0 Å². The molecule has 6 heteroatoms. The lowest BCUT2D eigenvalue weighted by Gasteiger charge is -2.04. The van der Waals surface area contributed by atoms with Crippen molar-refractivity contribution in [2.45, 2.75) is 6.61 Å². The third kappa shape index (κ3) is 6.16. The molecule has 0 aliphatic rings. The number of halogens is 1. The van der Waals surface area contributed by atoms with Crippen LogP contribution in [0.25, 0.3) is 0 Å². The number of hydrogen-bond acceptors (Lipinski definition) is 4. The van der Waals surface area contributed by atoms with Crippen molar-refractivity contribution in [2.75, 3.05) is 18.9 Å². The van der Waals surface area contributed by atoms with Crippen LogP contribution in [-0.4, -0.2) is 24.0 Å². The van der Waals surface area contributed by atoms with Gasteiger partial charge in [-0.2, -0.15) is 0 Å². The normalized spacial score (nSPS) is 9.78. The summed E-state index contributed by atoms with van der Waals surface area (Å²) < 4.78 is 18.0. The highest BCUT2D eigenvalue weighted by Gasteiger charge is 2.00. The fourth-order valence-corrected chi connectivity index (χ4v) is 1.66. The van der Waals surface area contributed by atoms with Crippen molar-refractivity contribution in [2.24, 2.45) is 0 Å². The first-order valence-corrected chi connectivity index (χ1v) is 6.93. The first kappa shape index (κ1) is 16.5. The fourth-order valence-electron chi connectivity index (χ4n) is 1.66. The molecule has 0 unspecified atom stereocenters. The van der Waals surface area contributed by atoms with Gasteiger partial charge >= 0.3 is 0 Å². The standard InChI is InChI=1S/C17H16FN3O2/c18-15-6-3-14(4-7-15)11-23-12-17(22)20-9-1-2-13-5-8-16(19)21-10-13/h3-8,10H,9,11-12H2,(H2,19,21)(H,20,22). The summed E-state index contributed by atoms with van der Waals surface area (Å²) in [5.41, 5.74) is 6.99. The summed E-state index contributed by atoms with van der Waals surface area (Å²) in [5.74, 6) is 5.52. The number of nitrogen functional groups attached to an aromatic ring is 1. The van der Waals surface area contributed by atoms with E-state index in [2.05, 4.69) is 22.1 Å². The number of nitrogens with two attached hydrogens (primary N) is 1. The second-order valence-corrected chi connectivity index (χ2v) is 4.67. The predicted molar refractivity (Wildman–Crippen MR) is 84.6 cm³/mol. The van der Waals surface area contributed by atoms with Crippen molar-refractivity contribution in [1.82, 2.24) is 10.3 Å². The van der Waals surface area contributed by atoms with Crippen LogP contribution >= 0.6 is 0 Å². The molecule has 2 aromatic rings. The number of nitrogens with one attached hydrogen (secondary N) is 1. The van der Waals surface area contributed by atoms with E-state index in [1.165, 1.54) is 12.1 Å². The lowest BCUT2D eigenvalue weighted by atomic mass is 10.2. The molecule has 3 N–H and O–H groups in total. The second kappa shape index (κ2) is 8.51. The first-order chi connectivity index (χ1) is 11.1. The van der Waals surface area contributed by atoms with Gasteiger partial charge in [-0.15, -0.1) is 0 Å². The van der Waals surface area contributed by atoms with Gasteiger partial charge in [-0.25, -0.2) is 9.37 Å². The Hall–Kier alpha value is -2.91. The average Bonchev–Trinajstić information content (AvgIpc) is 2.55. The van der Waals surface area contributed by atoms with Crippen molar-refractivity contribution in [3.8, 4) is 11.8 Å². The van der Waals surface area contributed by atoms with Gasteiger partial charge in [-0.05, 0) is 29.8 Å². The van der Waals surface area contributed by atoms with Gasteiger partial charge in [0.05, 0.1) is 13.2 Å². The zero-order valence-electron chi connectivity index (χ0n) is 12.4. The summed E-state index contributed by atoms with van der Waals surface area (Å²) in [6.07, 6.45) is 1.57. The molecule has 23 heavy (non-hydrogen) atoms. The van der Waals surface area contributed by atoms with Gasteiger partial charge < -0.3 is 15.8 Å². The Morgan fingerprint density at radius 3 is 2.74 bits per heavy atom. The lowest BCUT2D eigenvalue weighted by Crippen LogP contribution is -2.27. The summed E-state index contributed by atoms with van der Waals surface area (Å²) in [5, 5.41) is 2.62. The van der Waals surface area contributed by atoms with E-state index >= 15 is 0 Å². The summed E-state index contributed by atoms with van der Waals surface area (Å²) in [7, 11) is 0. The highest BCUT2D eigenvalue weighted by atomic mass is 19.1. The van der Waals surface area contributed by atoms with Crippen molar-refractivity contribution in [1.29, 1.82) is 0 Å². The topological polar surface area (TPSA) is 77.2 Å². The maximum Gasteiger partial charge on any atom is 0.246 e. The van der Waals surface area contributed by atoms with E-state index in [1.54, 1.807) is 30.5 Å². The average molecular weight is 313 g/mol. The van der Waals surface area contributed by atoms with Crippen molar-refractivity contribution in [3.05, 3.63) is 59.5 Å². The molecule has 0 saturated carbocycles. The first-order valence-electron chi connectivity index (χ1n) is 6.93. The van der Waals surface area contributed by atoms with Crippen LogP contribution in [0.4, 0.5) is 10.2 Å². The molecular weight excluding hydrogens is 297 g/mol. The van der Waals surface area contributed by atoms with Crippen molar-refractivity contribution >= 4 is 11.7 Å². The molecule has 0 aliphatic heterocycles. The van der Waals surface area contributed by atoms with E-state index in [0.717, 1.165) is 11.1 Å². The number of carbonyl (C=O) groups excluding carboxylic acids is 1. The molecule has 1 aromatic carbocycles. The number of benzene rings is 1. The molecule has 0 radical (unpaired) electrons. The number of nitrogens with zero attached hydrogens (tertiary/aromatic N) is 1. The molecule has 0 atom stereocenters. The number of amides is 1. The Morgan fingerprint density at radius 2 is 2.04 bits per heavy atom. The Balaban J connectivity index is 1.65. The molecule has 0 aliphatic carbocycles. The van der Waals surface area contributed by atoms with Crippen LogP contribution in [0.1, 0.15) is 11.1 Å². The zero-order chi connectivity index (χ0) is 16.5. The van der Waals surface area contributed by atoms with E-state index in [9.17, 15) is 9.18 Å². The van der Waals surface area contributed by atoms with E-state index in [4.69, 9.17) is 10.5 Å². The van der Waals surface area contributed by atoms with Crippen molar-refractivity contribution in [3.63, 3.8) is 0 Å². The minimum absolute atomic E-state index is 0.0809. The van der Waals surface area contributed by atoms with Crippen molar-refractivity contribution < 1.29 is 13.9 Å². The monoisotopic (exact) mass is 313 g/mol. The van der Waals surface area contributed by atoms with Gasteiger partial charge in [0.15, 0.2) is 0 Å². The van der Waals surface area contributed by atoms with Gasteiger partial charge in [0, 0.05) is 11.8 Å². The fraction of sp³-hybridized carbons (Fsp3) is 0.176. The number of ether oxygens (including phenoxy) is 1. The van der Waals surface area contributed by atoms with Crippen LogP contribution in [0, 0.1) is 17.7 Å². The van der Waals surface area contributed by atoms with Crippen LogP contribution < -0.4 is 11.1 Å². The Labute approximate surface area is 133 Å². The van der Waals surface area contributed by atoms with Crippen LogP contribution in [-0.2, 0) is 16.1 Å². The van der Waals surface area contributed by atoms with Gasteiger partial charge in [-0.3, -0.25) is 4.79 Å². The van der Waals surface area contributed by atoms with Crippen LogP contribution in [0.15, 0.2) is 42.6 Å². The number of aromatic nitrogens is 1. The van der Waals surface area contributed by atoms with Crippen LogP contribution in [0.2, 0.25) is 0 Å². The molecule has 5 nitrogen and oxygen atoms in total. The minimum Gasteiger partial charge on any atom is -0.384 e. The summed E-state index contributed by atoms with van der Waals surface area (Å²) >= 11 is 0. The minimum atomic E-state index is -0.304. The quantitative estimate of drug-likeness (QED) is 0.820. The van der Waals surface area contributed by atoms with E-state index in [1.807, 2.05) is 0 Å². The van der Waals surface area contributed by atoms with Gasteiger partial charge in [0.2, 0.25) is 5.91 Å². The maximum absolute atomic E-state index is 12.7. The van der Waals surface area contributed by atoms with E-state index < -0.39 is 0 Å². The summed E-state index contributed by atoms with van der Waals surface area (Å²) in [4.78, 5) is 15.5. The molecule has 0 bridgehead atoms. The molecule has 0 fully saturated rings. The molecule has 0 spiro atoms. The molecule has 118 valence electrons. The number of hydrogen-bond donors (Lipinski definition) is 2. The van der Waals surface area contributed by atoms with Crippen LogP contribution in [0.5, 0.6) is 0 Å². The third-order valence-corrected chi connectivity index (χ3v) is 2.81. The van der Waals surface area contributed by atoms with Crippen LogP contribution in [0.3, 0.4) is 0 Å². The largest absolute Gasteiger partial charge is 0.384 e. The molecule has 2 rings (SSSR count). The molecule has 1 heterocycles. The smallest absolute Gasteiger partial charge is 0.246 e. The molecule has 1 aromatic heterocycles. The van der Waals surface area contributed by atoms with E-state index in [-0.39, 0.29) is 31.5 Å². The van der Waals surface area contributed by atoms with E-state index in [0.29, 0.717) is 5.82 Å². The molecular formula is C17H16FN3O2. The summed E-state index contributed by atoms with van der Waals surface area (Å²) in [6, 6.07) is 9.33. The predicted octanol–water partition coefficient (Wildman–Crippen LogP) is 1.49. The molecule has 0 saturated heterocycles. The zero-order valence-corrected chi connectivity index (χ0v) is 12.4. The Morgan fingerprint density at radius 1 is 1.26 bits per heavy atom. The Bertz CT molecular complexity index is 703. The Kier molecular flexibility index (Phi) is 6.09. The highest BCUT2D eigenvalue weighted by Crippen LogP contribution is 2.03. The number of carbonyl (C=O) groups is 1. The number of anilines is 1. The maximum atomic E-state index is 12.7. The molecule has 1 amide bonds. The highest BCUT2D eigenvalue weighted by molar-refractivity contribution is 5.77. The SMILES string of the molecule is Nc1ccc(C#CCNC(=O)COCc2ccc(F)cc2)cn1. The summed E-state index contributed by atoms with van der Waals surface area (Å²) in [6.45, 7) is 0.377. The second-order valence-electron chi connectivity index (χ2n) is 4.67. The number of pyridine rings is 1. The van der Waals surface area contributed by atoms with Gasteiger partial charge in [0.1, 0.15) is 18.2 Å². The number of rotatable bonds is 5. The van der Waals surface area contributed by atoms with Gasteiger partial charge in [0.25, 0.3) is 0 Å². The third-order valence-electron chi connectivity index (χ3n) is 2.81. The lowest BCUT2D eigenvalue weighted by molar-refractivity contribution is -0.125.